The zero-order chi connectivity index (χ0) is 16.9. The topological polar surface area (TPSA) is 62.7 Å². The second-order valence-electron chi connectivity index (χ2n) is 5.94. The number of aromatic nitrogens is 3. The van der Waals surface area contributed by atoms with E-state index >= 15 is 0 Å². The molecule has 1 aromatic carbocycles. The molecule has 2 aromatic heterocycles. The van der Waals surface area contributed by atoms with Crippen molar-refractivity contribution in [2.24, 2.45) is 0 Å². The molecule has 0 aliphatic heterocycles. The van der Waals surface area contributed by atoms with E-state index in [0.29, 0.717) is 5.95 Å². The molecule has 5 heteroatoms. The fraction of sp³-hybridized carbons (Fsp3) is 0.211. The Morgan fingerprint density at radius 1 is 1.00 bits per heavy atom. The monoisotopic (exact) mass is 319 g/mol. The lowest BCUT2D eigenvalue weighted by Crippen LogP contribution is -2.13. The van der Waals surface area contributed by atoms with Gasteiger partial charge in [-0.2, -0.15) is 4.98 Å². The summed E-state index contributed by atoms with van der Waals surface area (Å²) in [6, 6.07) is 14.2. The number of hydrogen-bond donors (Lipinski definition) is 2. The highest BCUT2D eigenvalue weighted by Crippen LogP contribution is 2.24. The minimum atomic E-state index is 0.250. The zero-order valence-corrected chi connectivity index (χ0v) is 14.1. The summed E-state index contributed by atoms with van der Waals surface area (Å²) in [6.07, 6.45) is 3.56. The van der Waals surface area contributed by atoms with Gasteiger partial charge in [-0.1, -0.05) is 18.2 Å². The molecule has 0 aliphatic rings. The third-order valence-electron chi connectivity index (χ3n) is 3.51. The summed E-state index contributed by atoms with van der Waals surface area (Å²) in [5.74, 6) is 1.35. The van der Waals surface area contributed by atoms with E-state index in [-0.39, 0.29) is 6.04 Å². The first-order valence-electron chi connectivity index (χ1n) is 8.00. The lowest BCUT2D eigenvalue weighted by Gasteiger charge is -2.14. The van der Waals surface area contributed by atoms with Crippen molar-refractivity contribution < 1.29 is 0 Å². The van der Waals surface area contributed by atoms with E-state index in [1.54, 1.807) is 12.4 Å². The van der Waals surface area contributed by atoms with Gasteiger partial charge in [-0.05, 0) is 44.5 Å². The largest absolute Gasteiger partial charge is 0.352 e. The SMILES string of the molecule is Cc1ccccc1Nc1cc(-c2cccnc2)nc(NC(C)C)n1. The third-order valence-corrected chi connectivity index (χ3v) is 3.51. The molecular weight excluding hydrogens is 298 g/mol. The van der Waals surface area contributed by atoms with E-state index in [1.807, 2.05) is 36.4 Å². The van der Waals surface area contributed by atoms with Gasteiger partial charge in [0.05, 0.1) is 5.69 Å². The van der Waals surface area contributed by atoms with Crippen LogP contribution in [0, 0.1) is 6.92 Å². The lowest BCUT2D eigenvalue weighted by atomic mass is 10.2. The fourth-order valence-corrected chi connectivity index (χ4v) is 2.35. The van der Waals surface area contributed by atoms with Gasteiger partial charge < -0.3 is 10.6 Å². The van der Waals surface area contributed by atoms with Gasteiger partial charge in [-0.3, -0.25) is 4.98 Å². The molecule has 0 amide bonds. The van der Waals surface area contributed by atoms with Crippen molar-refractivity contribution >= 4 is 17.5 Å². The first-order valence-corrected chi connectivity index (χ1v) is 8.00. The molecule has 0 fully saturated rings. The maximum atomic E-state index is 4.61. The van der Waals surface area contributed by atoms with Gasteiger partial charge in [-0.25, -0.2) is 4.98 Å². The molecule has 0 bridgehead atoms. The first kappa shape index (κ1) is 15.9. The quantitative estimate of drug-likeness (QED) is 0.729. The molecule has 0 atom stereocenters. The molecule has 3 rings (SSSR count). The number of anilines is 3. The van der Waals surface area contributed by atoms with Crippen molar-refractivity contribution in [2.75, 3.05) is 10.6 Å². The predicted octanol–water partition coefficient (Wildman–Crippen LogP) is 4.41. The van der Waals surface area contributed by atoms with E-state index in [9.17, 15) is 0 Å². The molecule has 2 heterocycles. The summed E-state index contributed by atoms with van der Waals surface area (Å²) in [6.45, 7) is 6.20. The summed E-state index contributed by atoms with van der Waals surface area (Å²) in [7, 11) is 0. The van der Waals surface area contributed by atoms with E-state index in [1.165, 1.54) is 0 Å². The number of nitrogens with one attached hydrogen (secondary N) is 2. The molecule has 2 N–H and O–H groups in total. The van der Waals surface area contributed by atoms with Gasteiger partial charge in [0.15, 0.2) is 0 Å². The van der Waals surface area contributed by atoms with E-state index in [0.717, 1.165) is 28.3 Å². The van der Waals surface area contributed by atoms with Crippen LogP contribution in [0.2, 0.25) is 0 Å². The maximum absolute atomic E-state index is 4.61. The molecule has 0 spiro atoms. The summed E-state index contributed by atoms with van der Waals surface area (Å²) in [5.41, 5.74) is 3.98. The van der Waals surface area contributed by atoms with Crippen LogP contribution in [0.15, 0.2) is 54.9 Å². The van der Waals surface area contributed by atoms with Crippen molar-refractivity contribution in [1.82, 2.24) is 15.0 Å². The van der Waals surface area contributed by atoms with Crippen LogP contribution in [0.4, 0.5) is 17.5 Å². The molecular formula is C19H21N5. The molecule has 122 valence electrons. The maximum Gasteiger partial charge on any atom is 0.225 e. The van der Waals surface area contributed by atoms with Crippen LogP contribution in [-0.2, 0) is 0 Å². The summed E-state index contributed by atoms with van der Waals surface area (Å²) in [5, 5.41) is 6.66. The highest BCUT2D eigenvalue weighted by molar-refractivity contribution is 5.68. The average molecular weight is 319 g/mol. The van der Waals surface area contributed by atoms with E-state index in [4.69, 9.17) is 0 Å². The Kier molecular flexibility index (Phi) is 4.70. The van der Waals surface area contributed by atoms with Gasteiger partial charge in [0.1, 0.15) is 5.82 Å². The molecule has 0 saturated heterocycles. The number of hydrogen-bond acceptors (Lipinski definition) is 5. The Morgan fingerprint density at radius 3 is 2.54 bits per heavy atom. The van der Waals surface area contributed by atoms with E-state index in [2.05, 4.69) is 52.4 Å². The number of benzene rings is 1. The standard InChI is InChI=1S/C19H21N5/c1-13(2)21-19-23-17(15-8-6-10-20-12-15)11-18(24-19)22-16-9-5-4-7-14(16)3/h4-13H,1-3H3,(H2,21,22,23,24). The fourth-order valence-electron chi connectivity index (χ4n) is 2.35. The third kappa shape index (κ3) is 3.87. The minimum Gasteiger partial charge on any atom is -0.352 e. The molecule has 3 aromatic rings. The summed E-state index contributed by atoms with van der Waals surface area (Å²) >= 11 is 0. The average Bonchev–Trinajstić information content (AvgIpc) is 2.57. The Morgan fingerprint density at radius 2 is 1.83 bits per heavy atom. The van der Waals surface area contributed by atoms with Crippen molar-refractivity contribution in [3.8, 4) is 11.3 Å². The van der Waals surface area contributed by atoms with Gasteiger partial charge in [0, 0.05) is 35.8 Å². The number of para-hydroxylation sites is 1. The number of rotatable bonds is 5. The van der Waals surface area contributed by atoms with Crippen molar-refractivity contribution in [1.29, 1.82) is 0 Å². The highest BCUT2D eigenvalue weighted by Gasteiger charge is 2.09. The highest BCUT2D eigenvalue weighted by atomic mass is 15.2. The summed E-state index contributed by atoms with van der Waals surface area (Å²) < 4.78 is 0. The Labute approximate surface area is 142 Å². The van der Waals surface area contributed by atoms with Crippen LogP contribution in [0.1, 0.15) is 19.4 Å². The number of aryl methyl sites for hydroxylation is 1. The predicted molar refractivity (Wildman–Crippen MR) is 98.5 cm³/mol. The lowest BCUT2D eigenvalue weighted by molar-refractivity contribution is 0.876. The van der Waals surface area contributed by atoms with Gasteiger partial charge in [-0.15, -0.1) is 0 Å². The second kappa shape index (κ2) is 7.08. The van der Waals surface area contributed by atoms with Crippen molar-refractivity contribution in [3.63, 3.8) is 0 Å². The number of nitrogens with zero attached hydrogens (tertiary/aromatic N) is 3. The molecule has 0 saturated carbocycles. The first-order chi connectivity index (χ1) is 11.6. The Hall–Kier alpha value is -2.95. The smallest absolute Gasteiger partial charge is 0.225 e. The molecule has 5 nitrogen and oxygen atoms in total. The van der Waals surface area contributed by atoms with Gasteiger partial charge in [0.2, 0.25) is 5.95 Å². The van der Waals surface area contributed by atoms with Crippen LogP contribution in [-0.4, -0.2) is 21.0 Å². The molecule has 0 radical (unpaired) electrons. The van der Waals surface area contributed by atoms with Crippen molar-refractivity contribution in [2.45, 2.75) is 26.8 Å². The number of pyridine rings is 1. The second-order valence-corrected chi connectivity index (χ2v) is 5.94. The zero-order valence-electron chi connectivity index (χ0n) is 14.1. The van der Waals surface area contributed by atoms with Crippen LogP contribution in [0.3, 0.4) is 0 Å². The molecule has 0 unspecified atom stereocenters. The summed E-state index contributed by atoms with van der Waals surface area (Å²) in [4.78, 5) is 13.4. The Bertz CT molecular complexity index is 815. The molecule has 0 aliphatic carbocycles. The Balaban J connectivity index is 2.00. The van der Waals surface area contributed by atoms with Crippen LogP contribution >= 0.6 is 0 Å². The van der Waals surface area contributed by atoms with Crippen LogP contribution < -0.4 is 10.6 Å². The van der Waals surface area contributed by atoms with Crippen molar-refractivity contribution in [3.05, 3.63) is 60.4 Å². The van der Waals surface area contributed by atoms with E-state index < -0.39 is 0 Å². The van der Waals surface area contributed by atoms with Gasteiger partial charge >= 0.3 is 0 Å². The normalized spacial score (nSPS) is 10.7. The minimum absolute atomic E-state index is 0.250. The van der Waals surface area contributed by atoms with Crippen LogP contribution in [0.5, 0.6) is 0 Å². The molecule has 24 heavy (non-hydrogen) atoms. The van der Waals surface area contributed by atoms with Gasteiger partial charge in [0.25, 0.3) is 0 Å². The van der Waals surface area contributed by atoms with Crippen LogP contribution in [0.25, 0.3) is 11.3 Å².